The average Bonchev–Trinajstić information content (AvgIpc) is 2.39. The van der Waals surface area contributed by atoms with Crippen LogP contribution in [0, 0.1) is 0 Å². The summed E-state index contributed by atoms with van der Waals surface area (Å²) >= 11 is 0. The Balaban J connectivity index is 1.80. The Morgan fingerprint density at radius 2 is 2.00 bits per heavy atom. The van der Waals surface area contributed by atoms with Crippen LogP contribution in [0.4, 0.5) is 0 Å². The molecule has 1 aliphatic rings. The van der Waals surface area contributed by atoms with Crippen LogP contribution in [0.5, 0.6) is 5.75 Å². The molecule has 1 heterocycles. The maximum absolute atomic E-state index is 11.3. The highest BCUT2D eigenvalue weighted by Crippen LogP contribution is 2.17. The van der Waals surface area contributed by atoms with Crippen molar-refractivity contribution in [2.75, 3.05) is 19.4 Å². The van der Waals surface area contributed by atoms with Gasteiger partial charge in [0.2, 0.25) is 0 Å². The van der Waals surface area contributed by atoms with E-state index in [-0.39, 0.29) is 0 Å². The van der Waals surface area contributed by atoms with Gasteiger partial charge in [-0.1, -0.05) is 6.42 Å². The molecule has 1 aromatic rings. The first-order valence-electron chi connectivity index (χ1n) is 6.72. The Labute approximate surface area is 115 Å². The van der Waals surface area contributed by atoms with Gasteiger partial charge >= 0.3 is 0 Å². The summed E-state index contributed by atoms with van der Waals surface area (Å²) in [6.07, 6.45) is 5.98. The second-order valence-electron chi connectivity index (χ2n) is 5.03. The number of ether oxygens (including phenoxy) is 1. The average molecular weight is 283 g/mol. The maximum atomic E-state index is 11.3. The molecule has 1 atom stereocenters. The number of hydrogen-bond acceptors (Lipinski definition) is 4. The zero-order valence-corrected chi connectivity index (χ0v) is 12.1. The van der Waals surface area contributed by atoms with Gasteiger partial charge in [0.1, 0.15) is 5.75 Å². The van der Waals surface area contributed by atoms with E-state index in [2.05, 4.69) is 5.32 Å². The highest BCUT2D eigenvalue weighted by Gasteiger charge is 2.12. The lowest BCUT2D eigenvalue weighted by Gasteiger charge is -2.23. The van der Waals surface area contributed by atoms with Gasteiger partial charge in [0.05, 0.1) is 11.5 Å². The van der Waals surface area contributed by atoms with Gasteiger partial charge in [0.25, 0.3) is 0 Å². The first kappa shape index (κ1) is 14.3. The third-order valence-electron chi connectivity index (χ3n) is 3.40. The Morgan fingerprint density at radius 1 is 1.26 bits per heavy atom. The molecule has 2 rings (SSSR count). The van der Waals surface area contributed by atoms with E-state index in [0.717, 1.165) is 18.7 Å². The highest BCUT2D eigenvalue weighted by atomic mass is 32.2. The first-order chi connectivity index (χ1) is 9.05. The largest absolute Gasteiger partial charge is 0.494 e. The summed E-state index contributed by atoms with van der Waals surface area (Å²) in [5.41, 5.74) is 0. The van der Waals surface area contributed by atoms with Crippen LogP contribution in [0.25, 0.3) is 0 Å². The van der Waals surface area contributed by atoms with E-state index in [0.29, 0.717) is 17.5 Å². The van der Waals surface area contributed by atoms with Crippen LogP contribution in [-0.4, -0.2) is 33.9 Å². The molecule has 1 fully saturated rings. The van der Waals surface area contributed by atoms with Crippen LogP contribution < -0.4 is 10.1 Å². The molecule has 4 nitrogen and oxygen atoms in total. The lowest BCUT2D eigenvalue weighted by Crippen LogP contribution is -2.35. The second-order valence-corrected chi connectivity index (χ2v) is 7.04. The summed E-state index contributed by atoms with van der Waals surface area (Å²) in [6.45, 7) is 1.77. The summed E-state index contributed by atoms with van der Waals surface area (Å²) < 4.78 is 28.3. The summed E-state index contributed by atoms with van der Waals surface area (Å²) in [5, 5.41) is 3.48. The summed E-state index contributed by atoms with van der Waals surface area (Å²) in [5.74, 6) is 0.725. The first-order valence-corrected chi connectivity index (χ1v) is 8.61. The predicted octanol–water partition coefficient (Wildman–Crippen LogP) is 2.00. The molecule has 0 radical (unpaired) electrons. The molecule has 0 amide bonds. The predicted molar refractivity (Wildman–Crippen MR) is 75.3 cm³/mol. The molecule has 1 aromatic carbocycles. The third-order valence-corrected chi connectivity index (χ3v) is 4.53. The Hall–Kier alpha value is -1.07. The fourth-order valence-electron chi connectivity index (χ4n) is 2.27. The summed E-state index contributed by atoms with van der Waals surface area (Å²) in [7, 11) is -3.12. The fraction of sp³-hybridized carbons (Fsp3) is 0.571. The van der Waals surface area contributed by atoms with E-state index < -0.39 is 9.84 Å². The van der Waals surface area contributed by atoms with Crippen LogP contribution in [0.3, 0.4) is 0 Å². The lowest BCUT2D eigenvalue weighted by atomic mass is 10.0. The van der Waals surface area contributed by atoms with Crippen molar-refractivity contribution in [3.63, 3.8) is 0 Å². The summed E-state index contributed by atoms with van der Waals surface area (Å²) in [6, 6.07) is 7.16. The molecular formula is C14H21NO3S. The number of benzene rings is 1. The molecule has 0 bridgehead atoms. The van der Waals surface area contributed by atoms with Gasteiger partial charge in [-0.15, -0.1) is 0 Å². The van der Waals surface area contributed by atoms with Crippen molar-refractivity contribution in [3.8, 4) is 5.75 Å². The third kappa shape index (κ3) is 4.51. The molecule has 5 heteroatoms. The monoisotopic (exact) mass is 283 g/mol. The van der Waals surface area contributed by atoms with Gasteiger partial charge in [-0.3, -0.25) is 0 Å². The molecule has 1 saturated heterocycles. The van der Waals surface area contributed by atoms with Gasteiger partial charge in [-0.25, -0.2) is 8.42 Å². The fourth-order valence-corrected chi connectivity index (χ4v) is 2.90. The number of sulfone groups is 1. The van der Waals surface area contributed by atoms with Gasteiger partial charge in [-0.2, -0.15) is 0 Å². The van der Waals surface area contributed by atoms with Crippen LogP contribution in [0.15, 0.2) is 29.2 Å². The SMILES string of the molecule is CS(=O)(=O)c1ccc(OCCC2CCCCN2)cc1. The maximum Gasteiger partial charge on any atom is 0.175 e. The van der Waals surface area contributed by atoms with Crippen molar-refractivity contribution in [1.29, 1.82) is 0 Å². The minimum absolute atomic E-state index is 0.328. The number of piperidine rings is 1. The normalized spacial score (nSPS) is 20.2. The van der Waals surface area contributed by atoms with Crippen molar-refractivity contribution >= 4 is 9.84 Å². The van der Waals surface area contributed by atoms with E-state index in [1.54, 1.807) is 24.3 Å². The van der Waals surface area contributed by atoms with Crippen molar-refractivity contribution < 1.29 is 13.2 Å². The van der Waals surface area contributed by atoms with E-state index >= 15 is 0 Å². The quantitative estimate of drug-likeness (QED) is 0.898. The Bertz CT molecular complexity index is 490. The number of rotatable bonds is 5. The summed E-state index contributed by atoms with van der Waals surface area (Å²) in [4.78, 5) is 0.328. The van der Waals surface area contributed by atoms with Crippen molar-refractivity contribution in [3.05, 3.63) is 24.3 Å². The Kier molecular flexibility index (Phi) is 4.82. The van der Waals surface area contributed by atoms with Crippen molar-refractivity contribution in [1.82, 2.24) is 5.32 Å². The van der Waals surface area contributed by atoms with Crippen molar-refractivity contribution in [2.45, 2.75) is 36.6 Å². The smallest absolute Gasteiger partial charge is 0.175 e. The van der Waals surface area contributed by atoms with E-state index in [9.17, 15) is 8.42 Å². The molecule has 0 aromatic heterocycles. The van der Waals surface area contributed by atoms with Gasteiger partial charge in [-0.05, 0) is 50.1 Å². The zero-order valence-electron chi connectivity index (χ0n) is 11.3. The molecule has 0 saturated carbocycles. The molecule has 1 N–H and O–H groups in total. The number of hydrogen-bond donors (Lipinski definition) is 1. The van der Waals surface area contributed by atoms with Crippen LogP contribution in [0.2, 0.25) is 0 Å². The molecule has 1 unspecified atom stereocenters. The Morgan fingerprint density at radius 3 is 2.58 bits per heavy atom. The van der Waals surface area contributed by atoms with E-state index in [1.807, 2.05) is 0 Å². The van der Waals surface area contributed by atoms with Gasteiger partial charge in [0, 0.05) is 12.3 Å². The molecule has 0 spiro atoms. The van der Waals surface area contributed by atoms with E-state index in [1.165, 1.54) is 25.5 Å². The topological polar surface area (TPSA) is 55.4 Å². The number of nitrogens with one attached hydrogen (secondary N) is 1. The van der Waals surface area contributed by atoms with Crippen LogP contribution >= 0.6 is 0 Å². The van der Waals surface area contributed by atoms with Gasteiger partial charge < -0.3 is 10.1 Å². The molecular weight excluding hydrogens is 262 g/mol. The molecule has 0 aliphatic carbocycles. The zero-order chi connectivity index (χ0) is 13.7. The minimum atomic E-state index is -3.12. The van der Waals surface area contributed by atoms with Gasteiger partial charge in [0.15, 0.2) is 9.84 Å². The highest BCUT2D eigenvalue weighted by molar-refractivity contribution is 7.90. The van der Waals surface area contributed by atoms with Crippen molar-refractivity contribution in [2.24, 2.45) is 0 Å². The van der Waals surface area contributed by atoms with E-state index in [4.69, 9.17) is 4.74 Å². The second kappa shape index (κ2) is 6.39. The standard InChI is InChI=1S/C14H21NO3S/c1-19(16,17)14-7-5-13(6-8-14)18-11-9-12-4-2-3-10-15-12/h5-8,12,15H,2-4,9-11H2,1H3. The molecule has 106 valence electrons. The molecule has 19 heavy (non-hydrogen) atoms. The van der Waals surface area contributed by atoms with Crippen LogP contribution in [0.1, 0.15) is 25.7 Å². The van der Waals surface area contributed by atoms with Crippen LogP contribution in [-0.2, 0) is 9.84 Å². The lowest BCUT2D eigenvalue weighted by molar-refractivity contribution is 0.268. The molecule has 1 aliphatic heterocycles. The minimum Gasteiger partial charge on any atom is -0.494 e.